The molecule has 3 aliphatic heterocycles. The van der Waals surface area contributed by atoms with Crippen molar-refractivity contribution in [3.05, 3.63) is 46.5 Å². The van der Waals surface area contributed by atoms with Crippen LogP contribution in [0.25, 0.3) is 0 Å². The van der Waals surface area contributed by atoms with Gasteiger partial charge in [0.1, 0.15) is 5.70 Å². The first kappa shape index (κ1) is 19.5. The number of carboxylic acids is 1. The van der Waals surface area contributed by atoms with E-state index >= 15 is 0 Å². The smallest absolute Gasteiger partial charge is 0.353 e. The molecule has 3 N–H and O–H groups in total. The van der Waals surface area contributed by atoms with Gasteiger partial charge in [-0.1, -0.05) is 37.3 Å². The first-order valence-electron chi connectivity index (χ1n) is 9.81. The van der Waals surface area contributed by atoms with Gasteiger partial charge in [-0.25, -0.2) is 4.79 Å². The molecule has 0 radical (unpaired) electrons. The molecule has 0 saturated carbocycles. The molecule has 28 heavy (non-hydrogen) atoms. The number of carbonyl (C=O) groups excluding carboxylic acids is 1. The second kappa shape index (κ2) is 7.54. The predicted molar refractivity (Wildman–Crippen MR) is 108 cm³/mol. The third-order valence-electron chi connectivity index (χ3n) is 6.11. The van der Waals surface area contributed by atoms with Crippen LogP contribution in [0.3, 0.4) is 0 Å². The number of β-lactam (4-membered cyclic amide) rings is 1. The highest BCUT2D eigenvalue weighted by Gasteiger charge is 2.60. The lowest BCUT2D eigenvalue weighted by Crippen LogP contribution is -2.63. The zero-order valence-electron chi connectivity index (χ0n) is 16.0. The molecular weight excluding hydrogens is 376 g/mol. The third-order valence-corrected chi connectivity index (χ3v) is 7.62. The van der Waals surface area contributed by atoms with Crippen LogP contribution < -0.4 is 5.32 Å². The molecule has 6 atom stereocenters. The summed E-state index contributed by atoms with van der Waals surface area (Å²) in [5.41, 5.74) is 1.41. The first-order valence-corrected chi connectivity index (χ1v) is 10.7. The predicted octanol–water partition coefficient (Wildman–Crippen LogP) is 1.85. The minimum absolute atomic E-state index is 0.0680. The molecule has 1 aromatic rings. The maximum absolute atomic E-state index is 12.4. The molecule has 0 spiro atoms. The Morgan fingerprint density at radius 2 is 2.07 bits per heavy atom. The number of thioether (sulfide) groups is 1. The summed E-state index contributed by atoms with van der Waals surface area (Å²) in [4.78, 5) is 26.5. The van der Waals surface area contributed by atoms with Gasteiger partial charge in [-0.3, -0.25) is 4.79 Å². The molecule has 2 saturated heterocycles. The minimum atomic E-state index is -1.05. The highest BCUT2D eigenvalue weighted by Crippen LogP contribution is 2.51. The van der Waals surface area contributed by atoms with E-state index in [9.17, 15) is 19.8 Å². The van der Waals surface area contributed by atoms with E-state index in [4.69, 9.17) is 0 Å². The maximum Gasteiger partial charge on any atom is 0.353 e. The summed E-state index contributed by atoms with van der Waals surface area (Å²) in [6.07, 6.45) is 1.15. The molecule has 2 fully saturated rings. The van der Waals surface area contributed by atoms with Crippen LogP contribution in [-0.2, 0) is 16.0 Å². The molecule has 3 heterocycles. The Morgan fingerprint density at radius 3 is 2.71 bits per heavy atom. The number of nitrogens with zero attached hydrogens (tertiary/aromatic N) is 1. The number of hydrogen-bond acceptors (Lipinski definition) is 5. The van der Waals surface area contributed by atoms with Gasteiger partial charge in [0.05, 0.1) is 18.1 Å². The van der Waals surface area contributed by atoms with E-state index in [1.807, 2.05) is 25.1 Å². The highest BCUT2D eigenvalue weighted by molar-refractivity contribution is 8.03. The maximum atomic E-state index is 12.4. The summed E-state index contributed by atoms with van der Waals surface area (Å²) in [5.74, 6) is -1.90. The summed E-state index contributed by atoms with van der Waals surface area (Å²) in [6.45, 7) is 4.40. The summed E-state index contributed by atoms with van der Waals surface area (Å²) >= 11 is 1.60. The second-order valence-corrected chi connectivity index (χ2v) is 9.38. The molecule has 3 aliphatic rings. The molecule has 0 bridgehead atoms. The van der Waals surface area contributed by atoms with E-state index in [1.54, 1.807) is 18.7 Å². The molecule has 0 unspecified atom stereocenters. The summed E-state index contributed by atoms with van der Waals surface area (Å²) in [5, 5.41) is 23.5. The Labute approximate surface area is 169 Å². The fourth-order valence-corrected chi connectivity index (χ4v) is 6.30. The SMILES string of the molecule is C[C@@H](O)[C@H]1C(=O)N2C(C(=O)O)=C(S[C@@H]3CN[C@H](Cc4ccccc4)C3)[C@H](C)[C@H]12. The van der Waals surface area contributed by atoms with Crippen molar-refractivity contribution >= 4 is 23.6 Å². The standard InChI is InChI=1S/C21H26N2O4S/c1-11-17-16(12(2)24)20(25)23(17)18(21(26)27)19(11)28-15-9-14(22-10-15)8-13-6-4-3-5-7-13/h3-7,11-12,14-17,22,24H,8-10H2,1-2H3,(H,26,27)/t11-,12-,14-,15+,16-,17-/m1/s1. The van der Waals surface area contributed by atoms with Gasteiger partial charge < -0.3 is 20.4 Å². The quantitative estimate of drug-likeness (QED) is 0.629. The van der Waals surface area contributed by atoms with Gasteiger partial charge in [-0.15, -0.1) is 11.8 Å². The van der Waals surface area contributed by atoms with Crippen LogP contribution in [0, 0.1) is 11.8 Å². The number of aliphatic hydroxyl groups excluding tert-OH is 1. The van der Waals surface area contributed by atoms with E-state index < -0.39 is 18.0 Å². The van der Waals surface area contributed by atoms with Crippen LogP contribution in [0.4, 0.5) is 0 Å². The van der Waals surface area contributed by atoms with Crippen molar-refractivity contribution < 1.29 is 19.8 Å². The van der Waals surface area contributed by atoms with Gasteiger partial charge in [-0.05, 0) is 25.3 Å². The van der Waals surface area contributed by atoms with Gasteiger partial charge in [0.25, 0.3) is 0 Å². The van der Waals surface area contributed by atoms with Crippen LogP contribution in [0.1, 0.15) is 25.8 Å². The lowest BCUT2D eigenvalue weighted by molar-refractivity contribution is -0.163. The van der Waals surface area contributed by atoms with Gasteiger partial charge in [0.2, 0.25) is 5.91 Å². The molecular formula is C21H26N2O4S. The number of carbonyl (C=O) groups is 2. The van der Waals surface area contributed by atoms with Gasteiger partial charge >= 0.3 is 5.97 Å². The van der Waals surface area contributed by atoms with Crippen molar-refractivity contribution in [2.24, 2.45) is 11.8 Å². The number of benzene rings is 1. The number of aliphatic hydroxyl groups is 1. The van der Waals surface area contributed by atoms with E-state index in [-0.39, 0.29) is 28.8 Å². The number of amides is 1. The van der Waals surface area contributed by atoms with E-state index in [1.165, 1.54) is 10.5 Å². The Balaban J connectivity index is 1.47. The average molecular weight is 403 g/mol. The van der Waals surface area contributed by atoms with E-state index in [2.05, 4.69) is 17.4 Å². The molecule has 7 heteroatoms. The van der Waals surface area contributed by atoms with E-state index in [0.717, 1.165) is 24.3 Å². The summed E-state index contributed by atoms with van der Waals surface area (Å²) in [7, 11) is 0. The van der Waals surface area contributed by atoms with Crippen LogP contribution in [0.2, 0.25) is 0 Å². The van der Waals surface area contributed by atoms with Crippen LogP contribution in [0.15, 0.2) is 40.9 Å². The first-order chi connectivity index (χ1) is 13.4. The zero-order valence-corrected chi connectivity index (χ0v) is 16.9. The van der Waals surface area contributed by atoms with Gasteiger partial charge in [0, 0.05) is 28.7 Å². The number of aliphatic carboxylic acids is 1. The number of rotatable bonds is 6. The Hall–Kier alpha value is -1.83. The van der Waals surface area contributed by atoms with E-state index in [0.29, 0.717) is 6.04 Å². The average Bonchev–Trinajstić information content (AvgIpc) is 3.17. The van der Waals surface area contributed by atoms with Crippen LogP contribution >= 0.6 is 11.8 Å². The Bertz CT molecular complexity index is 810. The monoisotopic (exact) mass is 402 g/mol. The van der Waals surface area contributed by atoms with Crippen molar-refractivity contribution in [1.29, 1.82) is 0 Å². The summed E-state index contributed by atoms with van der Waals surface area (Å²) in [6, 6.07) is 10.5. The number of nitrogens with one attached hydrogen (secondary N) is 1. The molecule has 0 aromatic heterocycles. The molecule has 1 amide bonds. The molecule has 0 aliphatic carbocycles. The zero-order chi connectivity index (χ0) is 20.0. The Kier molecular flexibility index (Phi) is 5.24. The lowest BCUT2D eigenvalue weighted by atomic mass is 9.79. The van der Waals surface area contributed by atoms with Crippen molar-refractivity contribution in [3.8, 4) is 0 Å². The van der Waals surface area contributed by atoms with Crippen molar-refractivity contribution in [2.45, 2.75) is 50.1 Å². The van der Waals surface area contributed by atoms with Gasteiger partial charge in [0.15, 0.2) is 0 Å². The number of carboxylic acid groups (broad SMARTS) is 1. The normalized spacial score (nSPS) is 33.0. The molecule has 4 rings (SSSR count). The molecule has 150 valence electrons. The fraction of sp³-hybridized carbons (Fsp3) is 0.524. The topological polar surface area (TPSA) is 89.9 Å². The fourth-order valence-electron chi connectivity index (χ4n) is 4.78. The van der Waals surface area contributed by atoms with Crippen molar-refractivity contribution in [1.82, 2.24) is 10.2 Å². The minimum Gasteiger partial charge on any atom is -0.477 e. The van der Waals surface area contributed by atoms with Crippen molar-refractivity contribution in [2.75, 3.05) is 6.54 Å². The molecule has 6 nitrogen and oxygen atoms in total. The highest BCUT2D eigenvalue weighted by atomic mass is 32.2. The largest absolute Gasteiger partial charge is 0.477 e. The van der Waals surface area contributed by atoms with Crippen LogP contribution in [0.5, 0.6) is 0 Å². The number of hydrogen-bond donors (Lipinski definition) is 3. The Morgan fingerprint density at radius 1 is 1.36 bits per heavy atom. The van der Waals surface area contributed by atoms with Crippen molar-refractivity contribution in [3.63, 3.8) is 0 Å². The molecule has 1 aromatic carbocycles. The number of fused-ring (bicyclic) bond motifs is 1. The lowest BCUT2D eigenvalue weighted by Gasteiger charge is -2.46. The summed E-state index contributed by atoms with van der Waals surface area (Å²) < 4.78 is 0. The second-order valence-electron chi connectivity index (χ2n) is 8.04. The van der Waals surface area contributed by atoms with Crippen LogP contribution in [-0.4, -0.2) is 57.0 Å². The van der Waals surface area contributed by atoms with Gasteiger partial charge in [-0.2, -0.15) is 0 Å². The third kappa shape index (κ3) is 3.25.